The molecule has 4 aromatic rings. The average Bonchev–Trinajstić information content (AvgIpc) is 3.13. The topological polar surface area (TPSA) is 50.9 Å². The molecule has 1 N–H and O–H groups in total. The van der Waals surface area contributed by atoms with Crippen LogP contribution in [0, 0.1) is 5.82 Å². The largest absolute Gasteiger partial charge is 0.382 e. The van der Waals surface area contributed by atoms with Gasteiger partial charge in [-0.2, -0.15) is 0 Å². The van der Waals surface area contributed by atoms with Crippen molar-refractivity contribution in [3.8, 4) is 16.8 Å². The summed E-state index contributed by atoms with van der Waals surface area (Å²) in [5.41, 5.74) is 2.63. The molecule has 0 fully saturated rings. The third-order valence-corrected chi connectivity index (χ3v) is 4.89. The van der Waals surface area contributed by atoms with Gasteiger partial charge in [-0.05, 0) is 48.5 Å². The van der Waals surface area contributed by atoms with Crippen molar-refractivity contribution in [1.82, 2.24) is 14.5 Å². The van der Waals surface area contributed by atoms with Crippen LogP contribution in [-0.2, 0) is 0 Å². The van der Waals surface area contributed by atoms with Crippen molar-refractivity contribution in [2.75, 3.05) is 0 Å². The minimum Gasteiger partial charge on any atom is -0.382 e. The molecule has 140 valence electrons. The molecule has 0 amide bonds. The second-order valence-corrected chi connectivity index (χ2v) is 7.03. The van der Waals surface area contributed by atoms with Gasteiger partial charge in [0, 0.05) is 51.0 Å². The van der Waals surface area contributed by atoms with Crippen LogP contribution in [0.1, 0.15) is 17.4 Å². The van der Waals surface area contributed by atoms with E-state index in [9.17, 15) is 9.50 Å². The molecular formula is C21H14Cl2FN3O. The maximum absolute atomic E-state index is 14.6. The second-order valence-electron chi connectivity index (χ2n) is 6.16. The minimum atomic E-state index is -1.07. The highest BCUT2D eigenvalue weighted by Crippen LogP contribution is 2.36. The summed E-state index contributed by atoms with van der Waals surface area (Å²) in [6, 6.07) is 13.4. The molecule has 1 atom stereocenters. The number of nitrogens with zero attached hydrogens (tertiary/aromatic N) is 3. The fourth-order valence-electron chi connectivity index (χ4n) is 3.10. The van der Waals surface area contributed by atoms with Gasteiger partial charge < -0.3 is 9.67 Å². The molecule has 2 heterocycles. The van der Waals surface area contributed by atoms with Crippen molar-refractivity contribution in [3.05, 3.63) is 101 Å². The summed E-state index contributed by atoms with van der Waals surface area (Å²) in [6.07, 6.45) is 5.14. The van der Waals surface area contributed by atoms with Gasteiger partial charge in [0.05, 0.1) is 5.69 Å². The zero-order valence-corrected chi connectivity index (χ0v) is 15.9. The van der Waals surface area contributed by atoms with Crippen LogP contribution in [0.2, 0.25) is 10.0 Å². The van der Waals surface area contributed by atoms with Crippen LogP contribution in [0.25, 0.3) is 16.8 Å². The smallest absolute Gasteiger partial charge is 0.132 e. The van der Waals surface area contributed by atoms with Crippen molar-refractivity contribution in [2.24, 2.45) is 0 Å². The highest BCUT2D eigenvalue weighted by molar-refractivity contribution is 6.30. The predicted octanol–water partition coefficient (Wildman–Crippen LogP) is 5.46. The molecule has 0 bridgehead atoms. The molecule has 0 spiro atoms. The second kappa shape index (κ2) is 7.72. The number of halogens is 3. The lowest BCUT2D eigenvalue weighted by molar-refractivity contribution is 0.213. The lowest BCUT2D eigenvalue weighted by atomic mass is 10.00. The Kier molecular flexibility index (Phi) is 5.13. The third-order valence-electron chi connectivity index (χ3n) is 4.41. The Bertz CT molecular complexity index is 1110. The molecular weight excluding hydrogens is 400 g/mol. The monoisotopic (exact) mass is 413 g/mol. The zero-order chi connectivity index (χ0) is 19.7. The molecule has 1 unspecified atom stereocenters. The van der Waals surface area contributed by atoms with Gasteiger partial charge in [-0.1, -0.05) is 23.2 Å². The number of benzene rings is 2. The van der Waals surface area contributed by atoms with Crippen molar-refractivity contribution >= 4 is 23.2 Å². The van der Waals surface area contributed by atoms with E-state index in [2.05, 4.69) is 9.97 Å². The van der Waals surface area contributed by atoms with Gasteiger partial charge in [-0.15, -0.1) is 0 Å². The zero-order valence-electron chi connectivity index (χ0n) is 14.4. The summed E-state index contributed by atoms with van der Waals surface area (Å²) in [5, 5.41) is 12.0. The first kappa shape index (κ1) is 18.6. The molecule has 0 aliphatic carbocycles. The van der Waals surface area contributed by atoms with Gasteiger partial charge in [0.1, 0.15) is 18.2 Å². The minimum absolute atomic E-state index is 0.303. The van der Waals surface area contributed by atoms with E-state index in [0.717, 1.165) is 5.69 Å². The van der Waals surface area contributed by atoms with Crippen molar-refractivity contribution in [3.63, 3.8) is 0 Å². The number of aliphatic hydroxyl groups excluding tert-OH is 1. The summed E-state index contributed by atoms with van der Waals surface area (Å²) in [6.45, 7) is 0. The summed E-state index contributed by atoms with van der Waals surface area (Å²) in [7, 11) is 0. The number of aromatic nitrogens is 3. The van der Waals surface area contributed by atoms with Crippen LogP contribution < -0.4 is 0 Å². The van der Waals surface area contributed by atoms with E-state index in [1.165, 1.54) is 24.8 Å². The van der Waals surface area contributed by atoms with Crippen LogP contribution in [0.4, 0.5) is 4.39 Å². The molecule has 2 aromatic carbocycles. The van der Waals surface area contributed by atoms with E-state index >= 15 is 0 Å². The van der Waals surface area contributed by atoms with Crippen LogP contribution in [-0.4, -0.2) is 19.6 Å². The van der Waals surface area contributed by atoms with Crippen LogP contribution in [0.5, 0.6) is 0 Å². The first-order chi connectivity index (χ1) is 13.5. The standard InChI is InChI=1S/C21H14Cl2FN3O/c22-14-1-4-16(5-2-14)27-8-7-18(17-6-3-15(23)9-19(17)24)20(27)21(28)13-10-25-12-26-11-13/h1-12,21,28H. The Morgan fingerprint density at radius 3 is 2.25 bits per heavy atom. The molecule has 2 aromatic heterocycles. The van der Waals surface area contributed by atoms with E-state index in [1.54, 1.807) is 41.1 Å². The normalized spacial score (nSPS) is 12.1. The van der Waals surface area contributed by atoms with E-state index in [0.29, 0.717) is 32.4 Å². The Morgan fingerprint density at radius 1 is 0.893 bits per heavy atom. The maximum atomic E-state index is 14.6. The van der Waals surface area contributed by atoms with E-state index < -0.39 is 11.9 Å². The average molecular weight is 414 g/mol. The van der Waals surface area contributed by atoms with Crippen LogP contribution in [0.3, 0.4) is 0 Å². The van der Waals surface area contributed by atoms with Crippen molar-refractivity contribution < 1.29 is 9.50 Å². The number of rotatable bonds is 4. The van der Waals surface area contributed by atoms with E-state index in [-0.39, 0.29) is 0 Å². The quantitative estimate of drug-likeness (QED) is 0.482. The maximum Gasteiger partial charge on any atom is 0.132 e. The fraction of sp³-hybridized carbons (Fsp3) is 0.0476. The molecule has 0 aliphatic rings. The highest BCUT2D eigenvalue weighted by Gasteiger charge is 2.23. The van der Waals surface area contributed by atoms with Gasteiger partial charge in [0.15, 0.2) is 0 Å². The molecule has 4 rings (SSSR count). The van der Waals surface area contributed by atoms with Gasteiger partial charge >= 0.3 is 0 Å². The lowest BCUT2D eigenvalue weighted by Crippen LogP contribution is -2.09. The van der Waals surface area contributed by atoms with Gasteiger partial charge in [0.25, 0.3) is 0 Å². The predicted molar refractivity (Wildman–Crippen MR) is 107 cm³/mol. The van der Waals surface area contributed by atoms with Gasteiger partial charge in [-0.25, -0.2) is 14.4 Å². The summed E-state index contributed by atoms with van der Waals surface area (Å²) < 4.78 is 16.4. The number of hydrogen-bond donors (Lipinski definition) is 1. The molecule has 0 saturated carbocycles. The van der Waals surface area contributed by atoms with E-state index in [1.807, 2.05) is 12.1 Å². The number of aliphatic hydroxyl groups is 1. The summed E-state index contributed by atoms with van der Waals surface area (Å²) in [4.78, 5) is 7.94. The van der Waals surface area contributed by atoms with Gasteiger partial charge in [0.2, 0.25) is 0 Å². The SMILES string of the molecule is OC(c1cncnc1)c1c(-c2ccc(Cl)cc2F)ccn1-c1ccc(Cl)cc1. The van der Waals surface area contributed by atoms with Crippen LogP contribution in [0.15, 0.2) is 73.4 Å². The Hall–Kier alpha value is -2.73. The molecule has 7 heteroatoms. The Labute approximate surface area is 170 Å². The van der Waals surface area contributed by atoms with E-state index in [4.69, 9.17) is 23.2 Å². The lowest BCUT2D eigenvalue weighted by Gasteiger charge is -2.18. The molecule has 0 saturated heterocycles. The highest BCUT2D eigenvalue weighted by atomic mass is 35.5. The van der Waals surface area contributed by atoms with Crippen molar-refractivity contribution in [1.29, 1.82) is 0 Å². The van der Waals surface area contributed by atoms with Crippen molar-refractivity contribution in [2.45, 2.75) is 6.10 Å². The first-order valence-corrected chi connectivity index (χ1v) is 9.16. The summed E-state index contributed by atoms with van der Waals surface area (Å²) in [5.74, 6) is -0.473. The Morgan fingerprint density at radius 2 is 1.57 bits per heavy atom. The fourth-order valence-corrected chi connectivity index (χ4v) is 3.38. The van der Waals surface area contributed by atoms with Gasteiger partial charge in [-0.3, -0.25) is 0 Å². The summed E-state index contributed by atoms with van der Waals surface area (Å²) >= 11 is 11.9. The first-order valence-electron chi connectivity index (χ1n) is 8.40. The molecule has 4 nitrogen and oxygen atoms in total. The Balaban J connectivity index is 1.93. The molecule has 0 radical (unpaired) electrons. The van der Waals surface area contributed by atoms with Crippen LogP contribution >= 0.6 is 23.2 Å². The number of hydrogen-bond acceptors (Lipinski definition) is 3. The third kappa shape index (κ3) is 3.52. The molecule has 0 aliphatic heterocycles. The molecule has 28 heavy (non-hydrogen) atoms.